The second-order valence-electron chi connectivity index (χ2n) is 6.57. The van der Waals surface area contributed by atoms with Crippen molar-refractivity contribution in [2.75, 3.05) is 12.4 Å². The van der Waals surface area contributed by atoms with Gasteiger partial charge in [-0.2, -0.15) is 0 Å². The summed E-state index contributed by atoms with van der Waals surface area (Å²) in [5.41, 5.74) is 7.95. The molecule has 3 aromatic carbocycles. The first kappa shape index (κ1) is 22.1. The number of halogens is 1. The molecular weight excluding hydrogens is 460 g/mol. The van der Waals surface area contributed by atoms with Crippen LogP contribution < -0.4 is 20.5 Å². The Bertz CT molecular complexity index is 1100. The minimum atomic E-state index is -0.520. The fraction of sp³-hybridized carbons (Fsp3) is 0.0833. The van der Waals surface area contributed by atoms with Crippen molar-refractivity contribution in [1.29, 1.82) is 0 Å². The van der Waals surface area contributed by atoms with Crippen molar-refractivity contribution < 1.29 is 19.1 Å². The van der Waals surface area contributed by atoms with Crippen LogP contribution in [0.3, 0.4) is 0 Å². The molecule has 0 saturated heterocycles. The van der Waals surface area contributed by atoms with Gasteiger partial charge in [0, 0.05) is 17.3 Å². The van der Waals surface area contributed by atoms with E-state index in [1.54, 1.807) is 43.5 Å². The molecule has 0 radical (unpaired) electrons. The van der Waals surface area contributed by atoms with Crippen LogP contribution in [0.25, 0.3) is 6.08 Å². The molecule has 0 heterocycles. The van der Waals surface area contributed by atoms with Crippen molar-refractivity contribution >= 4 is 39.5 Å². The van der Waals surface area contributed by atoms with Crippen LogP contribution in [0, 0.1) is 0 Å². The highest BCUT2D eigenvalue weighted by Crippen LogP contribution is 2.37. The highest BCUT2D eigenvalue weighted by molar-refractivity contribution is 9.10. The molecule has 6 nitrogen and oxygen atoms in total. The normalized spacial score (nSPS) is 10.6. The van der Waals surface area contributed by atoms with Crippen molar-refractivity contribution in [3.8, 4) is 11.5 Å². The number of carbonyl (C=O) groups excluding carboxylic acids is 2. The molecule has 0 aliphatic heterocycles. The summed E-state index contributed by atoms with van der Waals surface area (Å²) in [6.45, 7) is 0.405. The van der Waals surface area contributed by atoms with E-state index in [2.05, 4.69) is 21.2 Å². The van der Waals surface area contributed by atoms with E-state index < -0.39 is 5.91 Å². The first-order valence-electron chi connectivity index (χ1n) is 9.39. The second kappa shape index (κ2) is 10.4. The van der Waals surface area contributed by atoms with E-state index in [0.717, 1.165) is 11.1 Å². The van der Waals surface area contributed by atoms with Gasteiger partial charge in [-0.15, -0.1) is 0 Å². The maximum atomic E-state index is 12.2. The van der Waals surface area contributed by atoms with Gasteiger partial charge in [-0.3, -0.25) is 9.59 Å². The molecule has 0 saturated carbocycles. The Kier molecular flexibility index (Phi) is 7.45. The monoisotopic (exact) mass is 480 g/mol. The third kappa shape index (κ3) is 6.20. The number of benzene rings is 3. The number of anilines is 1. The largest absolute Gasteiger partial charge is 0.493 e. The predicted octanol–water partition coefficient (Wildman–Crippen LogP) is 4.79. The Hall–Kier alpha value is -3.58. The maximum absolute atomic E-state index is 12.2. The van der Waals surface area contributed by atoms with Crippen LogP contribution in [0.1, 0.15) is 21.5 Å². The van der Waals surface area contributed by atoms with E-state index in [-0.39, 0.29) is 5.91 Å². The Morgan fingerprint density at radius 1 is 1.06 bits per heavy atom. The molecule has 0 atom stereocenters. The highest BCUT2D eigenvalue weighted by Gasteiger charge is 2.11. The minimum Gasteiger partial charge on any atom is -0.493 e. The Morgan fingerprint density at radius 3 is 2.42 bits per heavy atom. The quantitative estimate of drug-likeness (QED) is 0.453. The number of hydrogen-bond acceptors (Lipinski definition) is 4. The minimum absolute atomic E-state index is 0.314. The molecule has 0 aromatic heterocycles. The number of nitrogens with two attached hydrogens (primary N) is 1. The molecule has 0 fully saturated rings. The fourth-order valence-corrected chi connectivity index (χ4v) is 3.35. The topological polar surface area (TPSA) is 90.6 Å². The summed E-state index contributed by atoms with van der Waals surface area (Å²) < 4.78 is 12.1. The molecule has 3 aromatic rings. The van der Waals surface area contributed by atoms with Gasteiger partial charge >= 0.3 is 0 Å². The Morgan fingerprint density at radius 2 is 1.77 bits per heavy atom. The SMILES string of the molecule is COc1cc(C=CC(=O)Nc2ccc(C(N)=O)cc2)cc(Br)c1OCc1ccccc1. The Balaban J connectivity index is 1.67. The third-order valence-electron chi connectivity index (χ3n) is 4.34. The van der Waals surface area contributed by atoms with E-state index in [1.807, 2.05) is 36.4 Å². The molecule has 0 bridgehead atoms. The number of nitrogens with one attached hydrogen (secondary N) is 1. The lowest BCUT2D eigenvalue weighted by molar-refractivity contribution is -0.111. The first-order chi connectivity index (χ1) is 15.0. The van der Waals surface area contributed by atoms with E-state index >= 15 is 0 Å². The van der Waals surface area contributed by atoms with Gasteiger partial charge in [0.2, 0.25) is 11.8 Å². The molecule has 3 N–H and O–H groups in total. The number of ether oxygens (including phenoxy) is 2. The molecule has 31 heavy (non-hydrogen) atoms. The van der Waals surface area contributed by atoms with Crippen LogP contribution in [-0.2, 0) is 11.4 Å². The number of amides is 2. The van der Waals surface area contributed by atoms with E-state index in [0.29, 0.717) is 33.8 Å². The van der Waals surface area contributed by atoms with Crippen LogP contribution in [0.15, 0.2) is 77.3 Å². The molecule has 7 heteroatoms. The van der Waals surface area contributed by atoms with E-state index in [1.165, 1.54) is 6.08 Å². The summed E-state index contributed by atoms with van der Waals surface area (Å²) in [5, 5.41) is 2.73. The smallest absolute Gasteiger partial charge is 0.248 e. The number of methoxy groups -OCH3 is 1. The van der Waals surface area contributed by atoms with Crippen LogP contribution in [-0.4, -0.2) is 18.9 Å². The lowest BCUT2D eigenvalue weighted by Crippen LogP contribution is -2.11. The van der Waals surface area contributed by atoms with Crippen molar-refractivity contribution in [2.24, 2.45) is 5.73 Å². The summed E-state index contributed by atoms with van der Waals surface area (Å²) >= 11 is 3.51. The summed E-state index contributed by atoms with van der Waals surface area (Å²) in [7, 11) is 1.56. The van der Waals surface area contributed by atoms with Gasteiger partial charge in [0.05, 0.1) is 11.6 Å². The molecule has 0 spiro atoms. The van der Waals surface area contributed by atoms with Crippen molar-refractivity contribution in [2.45, 2.75) is 6.61 Å². The highest BCUT2D eigenvalue weighted by atomic mass is 79.9. The van der Waals surface area contributed by atoms with Crippen molar-refractivity contribution in [1.82, 2.24) is 0 Å². The zero-order chi connectivity index (χ0) is 22.2. The molecule has 0 aliphatic carbocycles. The number of rotatable bonds is 8. The molecule has 158 valence electrons. The van der Waals surface area contributed by atoms with Crippen LogP contribution in [0.2, 0.25) is 0 Å². The molecule has 0 aliphatic rings. The average Bonchev–Trinajstić information content (AvgIpc) is 2.77. The summed E-state index contributed by atoms with van der Waals surface area (Å²) in [4.78, 5) is 23.3. The average molecular weight is 481 g/mol. The number of carbonyl (C=O) groups is 2. The van der Waals surface area contributed by atoms with Crippen LogP contribution >= 0.6 is 15.9 Å². The lowest BCUT2D eigenvalue weighted by atomic mass is 10.1. The summed E-state index contributed by atoms with van der Waals surface area (Å²) in [5.74, 6) is 0.301. The first-order valence-corrected chi connectivity index (χ1v) is 10.2. The summed E-state index contributed by atoms with van der Waals surface area (Å²) in [6.07, 6.45) is 3.08. The van der Waals surface area contributed by atoms with Gasteiger partial charge < -0.3 is 20.5 Å². The van der Waals surface area contributed by atoms with E-state index in [9.17, 15) is 9.59 Å². The Labute approximate surface area is 188 Å². The third-order valence-corrected chi connectivity index (χ3v) is 4.93. The van der Waals surface area contributed by atoms with Crippen LogP contribution in [0.4, 0.5) is 5.69 Å². The second-order valence-corrected chi connectivity index (χ2v) is 7.43. The van der Waals surface area contributed by atoms with Gasteiger partial charge in [-0.05, 0) is 69.5 Å². The van der Waals surface area contributed by atoms with Crippen LogP contribution in [0.5, 0.6) is 11.5 Å². The summed E-state index contributed by atoms with van der Waals surface area (Å²) in [6, 6.07) is 19.8. The van der Waals surface area contributed by atoms with Crippen molar-refractivity contribution in [3.63, 3.8) is 0 Å². The lowest BCUT2D eigenvalue weighted by Gasteiger charge is -2.13. The van der Waals surface area contributed by atoms with Gasteiger partial charge in [0.25, 0.3) is 0 Å². The van der Waals surface area contributed by atoms with Gasteiger partial charge in [-0.25, -0.2) is 0 Å². The molecule has 2 amide bonds. The van der Waals surface area contributed by atoms with Gasteiger partial charge in [-0.1, -0.05) is 30.3 Å². The molecular formula is C24H21BrN2O4. The molecule has 3 rings (SSSR count). The van der Waals surface area contributed by atoms with E-state index in [4.69, 9.17) is 15.2 Å². The predicted molar refractivity (Wildman–Crippen MR) is 124 cm³/mol. The number of primary amides is 1. The zero-order valence-electron chi connectivity index (χ0n) is 16.8. The zero-order valence-corrected chi connectivity index (χ0v) is 18.4. The van der Waals surface area contributed by atoms with Crippen molar-refractivity contribution in [3.05, 3.63) is 94.0 Å². The number of hydrogen-bond donors (Lipinski definition) is 2. The maximum Gasteiger partial charge on any atom is 0.248 e. The van der Waals surface area contributed by atoms with Gasteiger partial charge in [0.15, 0.2) is 11.5 Å². The fourth-order valence-electron chi connectivity index (χ4n) is 2.78. The molecule has 0 unspecified atom stereocenters. The van der Waals surface area contributed by atoms with Gasteiger partial charge in [0.1, 0.15) is 6.61 Å². The standard InChI is InChI=1S/C24H21BrN2O4/c1-30-21-14-17(13-20(25)23(21)31-15-16-5-3-2-4-6-16)7-12-22(28)27-19-10-8-18(9-11-19)24(26)29/h2-14H,15H2,1H3,(H2,26,29)(H,27,28).